The molecular formula is C72H70BN3O. The minimum absolute atomic E-state index is 0.0123. The summed E-state index contributed by atoms with van der Waals surface area (Å²) in [5.41, 5.74) is 30.4. The van der Waals surface area contributed by atoms with Crippen LogP contribution in [0.1, 0.15) is 112 Å². The Morgan fingerprint density at radius 2 is 0.909 bits per heavy atom. The van der Waals surface area contributed by atoms with Gasteiger partial charge in [-0.2, -0.15) is 0 Å². The van der Waals surface area contributed by atoms with Crippen LogP contribution < -0.4 is 26.2 Å². The number of hydrogen-bond acceptors (Lipinski definition) is 3. The molecule has 382 valence electrons. The lowest BCUT2D eigenvalue weighted by molar-refractivity contribution is 0.589. The van der Waals surface area contributed by atoms with E-state index in [0.29, 0.717) is 0 Å². The second kappa shape index (κ2) is 16.9. The molecule has 2 aromatic heterocycles. The number of fused-ring (bicyclic) bond motifs is 10. The van der Waals surface area contributed by atoms with Crippen molar-refractivity contribution in [3.8, 4) is 16.8 Å². The molecule has 4 nitrogen and oxygen atoms in total. The van der Waals surface area contributed by atoms with Gasteiger partial charge in [-0.25, -0.2) is 0 Å². The summed E-state index contributed by atoms with van der Waals surface area (Å²) in [7, 11) is 0. The Morgan fingerprint density at radius 3 is 1.55 bits per heavy atom. The Kier molecular flexibility index (Phi) is 10.7. The van der Waals surface area contributed by atoms with Gasteiger partial charge in [-0.15, -0.1) is 0 Å². The molecule has 4 heterocycles. The summed E-state index contributed by atoms with van der Waals surface area (Å²) in [6.45, 7) is 35.0. The molecule has 9 aromatic carbocycles. The number of nitrogens with zero attached hydrogens (tertiary/aromatic N) is 3. The van der Waals surface area contributed by atoms with Crippen LogP contribution in [-0.4, -0.2) is 11.3 Å². The van der Waals surface area contributed by atoms with E-state index >= 15 is 0 Å². The average Bonchev–Trinajstić information content (AvgIpc) is 4.00. The van der Waals surface area contributed by atoms with Gasteiger partial charge in [0.1, 0.15) is 11.2 Å². The lowest BCUT2D eigenvalue weighted by Gasteiger charge is -2.46. The molecule has 0 fully saturated rings. The Balaban J connectivity index is 1.16. The minimum atomic E-state index is -0.173. The van der Waals surface area contributed by atoms with Crippen molar-refractivity contribution in [1.29, 1.82) is 0 Å². The molecule has 0 saturated heterocycles. The lowest BCUT2D eigenvalue weighted by Crippen LogP contribution is -2.61. The second-order valence-corrected chi connectivity index (χ2v) is 25.8. The molecule has 0 unspecified atom stereocenters. The van der Waals surface area contributed by atoms with Crippen LogP contribution in [0.5, 0.6) is 0 Å². The first-order chi connectivity index (χ1) is 36.6. The van der Waals surface area contributed by atoms with E-state index in [-0.39, 0.29) is 23.0 Å². The van der Waals surface area contributed by atoms with Crippen LogP contribution in [-0.2, 0) is 16.2 Å². The van der Waals surface area contributed by atoms with Crippen molar-refractivity contribution in [1.82, 2.24) is 4.57 Å². The zero-order chi connectivity index (χ0) is 53.9. The zero-order valence-electron chi connectivity index (χ0n) is 47.8. The molecule has 77 heavy (non-hydrogen) atoms. The number of rotatable bonds is 4. The summed E-state index contributed by atoms with van der Waals surface area (Å²) in [4.78, 5) is 5.34. The number of anilines is 6. The highest BCUT2D eigenvalue weighted by Crippen LogP contribution is 2.51. The van der Waals surface area contributed by atoms with Crippen LogP contribution in [0, 0.1) is 41.5 Å². The van der Waals surface area contributed by atoms with E-state index in [9.17, 15) is 0 Å². The largest absolute Gasteiger partial charge is 0.455 e. The van der Waals surface area contributed by atoms with Gasteiger partial charge < -0.3 is 18.8 Å². The van der Waals surface area contributed by atoms with Gasteiger partial charge in [-0.05, 0) is 178 Å². The molecule has 0 spiro atoms. The lowest BCUT2D eigenvalue weighted by atomic mass is 9.33. The van der Waals surface area contributed by atoms with Gasteiger partial charge in [-0.1, -0.05) is 165 Å². The Labute approximate surface area is 456 Å². The van der Waals surface area contributed by atoms with E-state index in [1.807, 2.05) is 0 Å². The summed E-state index contributed by atoms with van der Waals surface area (Å²) in [6.07, 6.45) is 0. The number of aryl methyl sites for hydroxylation is 6. The van der Waals surface area contributed by atoms with Crippen LogP contribution in [0.15, 0.2) is 156 Å². The van der Waals surface area contributed by atoms with Gasteiger partial charge in [0, 0.05) is 49.9 Å². The van der Waals surface area contributed by atoms with Gasteiger partial charge in [0.2, 0.25) is 0 Å². The molecule has 0 saturated carbocycles. The van der Waals surface area contributed by atoms with Crippen molar-refractivity contribution in [2.75, 3.05) is 9.80 Å². The first-order valence-electron chi connectivity index (χ1n) is 27.8. The van der Waals surface area contributed by atoms with E-state index in [2.05, 4.69) is 270 Å². The number of para-hydroxylation sites is 4. The minimum Gasteiger partial charge on any atom is -0.455 e. The smallest absolute Gasteiger partial charge is 0.252 e. The summed E-state index contributed by atoms with van der Waals surface area (Å²) in [5.74, 6) is 0. The van der Waals surface area contributed by atoms with Crippen LogP contribution in [0.25, 0.3) is 60.6 Å². The van der Waals surface area contributed by atoms with Gasteiger partial charge in [0.25, 0.3) is 6.71 Å². The standard InChI is InChI=1S/C72H70BN3O/c1-41-22-20-23-42(2)66(41)74-58-28-18-16-24-52(58)55-39-57-61(40-60(55)74)76(68-45(5)34-49(35-46(68)6)71(10,11)12)63-38-50(72(13,14)15)37-62-65(63)73(57)56-36-48(70(7,8)9)30-31-59(56)75(62)67-43(3)32-47(33-44(67)4)51-26-21-27-54-53-25-17-19-29-64(53)77-69(51)54/h16-40H,1-15H3. The van der Waals surface area contributed by atoms with Gasteiger partial charge >= 0.3 is 0 Å². The molecule has 2 aliphatic rings. The number of aromatic nitrogens is 1. The molecule has 2 aliphatic heterocycles. The summed E-state index contributed by atoms with van der Waals surface area (Å²) < 4.78 is 9.22. The van der Waals surface area contributed by atoms with Gasteiger partial charge in [-0.3, -0.25) is 0 Å². The second-order valence-electron chi connectivity index (χ2n) is 25.8. The van der Waals surface area contributed by atoms with E-state index in [1.165, 1.54) is 128 Å². The molecular weight excluding hydrogens is 934 g/mol. The molecule has 0 N–H and O–H groups in total. The normalized spacial score (nSPS) is 13.6. The molecule has 11 aromatic rings. The Hall–Kier alpha value is -7.76. The van der Waals surface area contributed by atoms with E-state index in [1.54, 1.807) is 0 Å². The predicted octanol–water partition coefficient (Wildman–Crippen LogP) is 18.2. The summed E-state index contributed by atoms with van der Waals surface area (Å²) in [6, 6.07) is 58.1. The maximum atomic E-state index is 6.67. The van der Waals surface area contributed by atoms with Crippen LogP contribution in [0.3, 0.4) is 0 Å². The summed E-state index contributed by atoms with van der Waals surface area (Å²) >= 11 is 0. The third kappa shape index (κ3) is 7.39. The highest BCUT2D eigenvalue weighted by atomic mass is 16.3. The molecule has 5 heteroatoms. The quantitative estimate of drug-likeness (QED) is 0.164. The number of furan rings is 1. The monoisotopic (exact) mass is 1000 g/mol. The molecule has 0 aliphatic carbocycles. The van der Waals surface area contributed by atoms with Crippen LogP contribution in [0.2, 0.25) is 0 Å². The van der Waals surface area contributed by atoms with Crippen molar-refractivity contribution in [3.05, 3.63) is 202 Å². The van der Waals surface area contributed by atoms with Crippen molar-refractivity contribution in [2.45, 2.75) is 120 Å². The number of benzene rings is 9. The molecule has 0 amide bonds. The van der Waals surface area contributed by atoms with E-state index in [4.69, 9.17) is 4.42 Å². The molecule has 13 rings (SSSR count). The van der Waals surface area contributed by atoms with Crippen molar-refractivity contribution < 1.29 is 4.42 Å². The first-order valence-corrected chi connectivity index (χ1v) is 27.8. The third-order valence-corrected chi connectivity index (χ3v) is 17.3. The van der Waals surface area contributed by atoms with Crippen LogP contribution in [0.4, 0.5) is 34.1 Å². The van der Waals surface area contributed by atoms with Crippen molar-refractivity contribution in [2.24, 2.45) is 0 Å². The Morgan fingerprint density at radius 1 is 0.377 bits per heavy atom. The van der Waals surface area contributed by atoms with Crippen molar-refractivity contribution >= 4 is 101 Å². The average molecular weight is 1000 g/mol. The highest BCUT2D eigenvalue weighted by Gasteiger charge is 2.46. The first kappa shape index (κ1) is 48.9. The fraction of sp³-hybridized carbons (Fsp3) is 0.250. The van der Waals surface area contributed by atoms with E-state index in [0.717, 1.165) is 33.1 Å². The molecule has 0 atom stereocenters. The fourth-order valence-electron chi connectivity index (χ4n) is 13.4. The highest BCUT2D eigenvalue weighted by molar-refractivity contribution is 7.00. The number of hydrogen-bond donors (Lipinski definition) is 0. The zero-order valence-corrected chi connectivity index (χ0v) is 47.8. The van der Waals surface area contributed by atoms with Gasteiger partial charge in [0.05, 0.1) is 28.1 Å². The fourth-order valence-corrected chi connectivity index (χ4v) is 13.4. The summed E-state index contributed by atoms with van der Waals surface area (Å²) in [5, 5.41) is 4.82. The van der Waals surface area contributed by atoms with Crippen LogP contribution >= 0.6 is 0 Å². The van der Waals surface area contributed by atoms with Crippen molar-refractivity contribution in [3.63, 3.8) is 0 Å². The molecule has 0 radical (unpaired) electrons. The maximum Gasteiger partial charge on any atom is 0.252 e. The van der Waals surface area contributed by atoms with E-state index < -0.39 is 0 Å². The maximum absolute atomic E-state index is 6.67. The topological polar surface area (TPSA) is 24.6 Å². The SMILES string of the molecule is Cc1cc(-c2cccc3c2oc2ccccc23)cc(C)c1N1c2ccc(C(C)(C)C)cc2B2c3cc4c5ccccc5n(-c5c(C)cccc5C)c4cc3N(c3c(C)cc(C(C)(C)C)cc3C)c3cc(C(C)(C)C)cc1c32. The predicted molar refractivity (Wildman–Crippen MR) is 332 cm³/mol. The van der Waals surface area contributed by atoms with Gasteiger partial charge in [0.15, 0.2) is 0 Å². The molecule has 0 bridgehead atoms. The Bertz CT molecular complexity index is 4250. The third-order valence-electron chi connectivity index (χ3n) is 17.3.